The Hall–Kier alpha value is -2.18. The molecule has 0 saturated carbocycles. The maximum Gasteiger partial charge on any atom is 0.263 e. The van der Waals surface area contributed by atoms with Gasteiger partial charge in [-0.1, -0.05) is 12.8 Å². The molecule has 1 saturated heterocycles. The summed E-state index contributed by atoms with van der Waals surface area (Å²) < 4.78 is 2.01. The summed E-state index contributed by atoms with van der Waals surface area (Å²) in [6.45, 7) is 4.18. The van der Waals surface area contributed by atoms with Crippen molar-refractivity contribution in [3.63, 3.8) is 0 Å². The van der Waals surface area contributed by atoms with Gasteiger partial charge in [0.1, 0.15) is 9.71 Å². The van der Waals surface area contributed by atoms with Crippen molar-refractivity contribution >= 4 is 27.5 Å². The van der Waals surface area contributed by atoms with Gasteiger partial charge in [-0.3, -0.25) is 4.79 Å². The SMILES string of the molecule is O=C(NCCCN1CCCCCC1)c1sc2ncccc2c1-n1cccc1. The Bertz CT molecular complexity index is 879. The molecule has 6 heteroatoms. The van der Waals surface area contributed by atoms with E-state index in [9.17, 15) is 4.79 Å². The molecule has 0 atom stereocenters. The molecule has 5 nitrogen and oxygen atoms in total. The predicted molar refractivity (Wildman–Crippen MR) is 111 cm³/mol. The molecular weight excluding hydrogens is 356 g/mol. The van der Waals surface area contributed by atoms with Crippen molar-refractivity contribution in [3.8, 4) is 5.69 Å². The monoisotopic (exact) mass is 382 g/mol. The molecule has 4 rings (SSSR count). The molecule has 27 heavy (non-hydrogen) atoms. The Morgan fingerprint density at radius 1 is 1.11 bits per heavy atom. The molecule has 0 aromatic carbocycles. The highest BCUT2D eigenvalue weighted by Crippen LogP contribution is 2.32. The van der Waals surface area contributed by atoms with Crippen molar-refractivity contribution in [1.82, 2.24) is 19.8 Å². The van der Waals surface area contributed by atoms with E-state index in [0.29, 0.717) is 6.54 Å². The summed E-state index contributed by atoms with van der Waals surface area (Å²) in [5.74, 6) is -0.00225. The number of rotatable bonds is 6. The highest BCUT2D eigenvalue weighted by atomic mass is 32.1. The lowest BCUT2D eigenvalue weighted by molar-refractivity contribution is 0.0956. The largest absolute Gasteiger partial charge is 0.351 e. The highest BCUT2D eigenvalue weighted by Gasteiger charge is 2.20. The number of hydrogen-bond acceptors (Lipinski definition) is 4. The van der Waals surface area contributed by atoms with Crippen LogP contribution in [0.25, 0.3) is 15.9 Å². The van der Waals surface area contributed by atoms with Crippen LogP contribution in [0.3, 0.4) is 0 Å². The van der Waals surface area contributed by atoms with Gasteiger partial charge in [0.05, 0.1) is 5.69 Å². The zero-order valence-electron chi connectivity index (χ0n) is 15.6. The number of carbonyl (C=O) groups is 1. The van der Waals surface area contributed by atoms with Crippen LogP contribution < -0.4 is 5.32 Å². The van der Waals surface area contributed by atoms with Crippen molar-refractivity contribution in [2.75, 3.05) is 26.2 Å². The summed E-state index contributed by atoms with van der Waals surface area (Å²) in [6, 6.07) is 7.90. The zero-order chi connectivity index (χ0) is 18.5. The molecule has 0 radical (unpaired) electrons. The number of hydrogen-bond donors (Lipinski definition) is 1. The molecule has 142 valence electrons. The van der Waals surface area contributed by atoms with E-state index >= 15 is 0 Å². The third-order valence-corrected chi connectivity index (χ3v) is 6.25. The Labute approximate surface area is 164 Å². The van der Waals surface area contributed by atoms with Gasteiger partial charge < -0.3 is 14.8 Å². The Morgan fingerprint density at radius 3 is 2.67 bits per heavy atom. The number of likely N-dealkylation sites (tertiary alicyclic amines) is 1. The van der Waals surface area contributed by atoms with Crippen LogP contribution in [0.15, 0.2) is 42.9 Å². The standard InChI is InChI=1S/C21H26N4OS/c26-20(22-11-8-14-24-12-3-1-2-4-13-24)19-18(25-15-5-6-16-25)17-9-7-10-23-21(17)27-19/h5-7,9-10,15-16H,1-4,8,11-14H2,(H,22,26). The maximum atomic E-state index is 12.9. The molecule has 0 spiro atoms. The fourth-order valence-electron chi connectivity index (χ4n) is 3.76. The number of pyridine rings is 1. The van der Waals surface area contributed by atoms with Gasteiger partial charge in [-0.2, -0.15) is 0 Å². The van der Waals surface area contributed by atoms with Crippen molar-refractivity contribution < 1.29 is 4.79 Å². The normalized spacial score (nSPS) is 15.7. The number of nitrogens with zero attached hydrogens (tertiary/aromatic N) is 3. The van der Waals surface area contributed by atoms with E-state index in [2.05, 4.69) is 15.2 Å². The molecular formula is C21H26N4OS. The van der Waals surface area contributed by atoms with Gasteiger partial charge in [0.25, 0.3) is 5.91 Å². The fraction of sp³-hybridized carbons (Fsp3) is 0.429. The summed E-state index contributed by atoms with van der Waals surface area (Å²) in [4.78, 5) is 21.5. The Balaban J connectivity index is 1.43. The third-order valence-electron chi connectivity index (χ3n) is 5.14. The Morgan fingerprint density at radius 2 is 1.89 bits per heavy atom. The first-order valence-electron chi connectivity index (χ1n) is 9.84. The van der Waals surface area contributed by atoms with Gasteiger partial charge in [-0.05, 0) is 63.2 Å². The number of aromatic nitrogens is 2. The van der Waals surface area contributed by atoms with Gasteiger partial charge in [-0.15, -0.1) is 11.3 Å². The summed E-state index contributed by atoms with van der Waals surface area (Å²) in [5, 5.41) is 4.14. The smallest absolute Gasteiger partial charge is 0.263 e. The molecule has 0 aliphatic carbocycles. The van der Waals surface area contributed by atoms with E-state index in [1.54, 1.807) is 6.20 Å². The van der Waals surface area contributed by atoms with E-state index in [1.165, 1.54) is 50.1 Å². The molecule has 0 bridgehead atoms. The molecule has 4 heterocycles. The number of thiophene rings is 1. The lowest BCUT2D eigenvalue weighted by Gasteiger charge is -2.19. The molecule has 3 aromatic heterocycles. The fourth-order valence-corrected chi connectivity index (χ4v) is 4.82. The molecule has 3 aromatic rings. The first kappa shape index (κ1) is 18.2. The van der Waals surface area contributed by atoms with Gasteiger partial charge in [0.2, 0.25) is 0 Å². The van der Waals surface area contributed by atoms with Gasteiger partial charge in [0, 0.05) is 30.5 Å². The van der Waals surface area contributed by atoms with E-state index in [-0.39, 0.29) is 5.91 Å². The predicted octanol–water partition coefficient (Wildman–Crippen LogP) is 4.08. The lowest BCUT2D eigenvalue weighted by atomic mass is 10.2. The minimum absolute atomic E-state index is 0.00225. The maximum absolute atomic E-state index is 12.9. The van der Waals surface area contributed by atoms with Crippen LogP contribution in [0, 0.1) is 0 Å². The summed E-state index contributed by atoms with van der Waals surface area (Å²) in [6.07, 6.45) is 12.1. The molecule has 1 N–H and O–H groups in total. The van der Waals surface area contributed by atoms with Gasteiger partial charge in [0.15, 0.2) is 0 Å². The number of nitrogens with one attached hydrogen (secondary N) is 1. The van der Waals surface area contributed by atoms with E-state index in [0.717, 1.165) is 33.7 Å². The highest BCUT2D eigenvalue weighted by molar-refractivity contribution is 7.21. The summed E-state index contributed by atoms with van der Waals surface area (Å²) in [5.41, 5.74) is 0.929. The molecule has 0 unspecified atom stereocenters. The van der Waals surface area contributed by atoms with Crippen LogP contribution in [0.4, 0.5) is 0 Å². The van der Waals surface area contributed by atoms with Crippen LogP contribution in [0.2, 0.25) is 0 Å². The van der Waals surface area contributed by atoms with Gasteiger partial charge in [-0.25, -0.2) is 4.98 Å². The second-order valence-corrected chi connectivity index (χ2v) is 8.09. The second kappa shape index (κ2) is 8.67. The summed E-state index contributed by atoms with van der Waals surface area (Å²) >= 11 is 1.46. The summed E-state index contributed by atoms with van der Waals surface area (Å²) in [7, 11) is 0. The van der Waals surface area contributed by atoms with Crippen LogP contribution in [-0.2, 0) is 0 Å². The average Bonchev–Trinajstić information content (AvgIpc) is 3.26. The molecule has 1 amide bonds. The second-order valence-electron chi connectivity index (χ2n) is 7.09. The van der Waals surface area contributed by atoms with Crippen molar-refractivity contribution in [2.45, 2.75) is 32.1 Å². The van der Waals surface area contributed by atoms with Crippen molar-refractivity contribution in [3.05, 3.63) is 47.7 Å². The molecule has 1 fully saturated rings. The average molecular weight is 383 g/mol. The van der Waals surface area contributed by atoms with E-state index < -0.39 is 0 Å². The minimum Gasteiger partial charge on any atom is -0.351 e. The Kier molecular flexibility index (Phi) is 5.84. The van der Waals surface area contributed by atoms with Crippen LogP contribution in [-0.4, -0.2) is 46.5 Å². The first-order chi connectivity index (χ1) is 13.3. The van der Waals surface area contributed by atoms with Crippen LogP contribution in [0.1, 0.15) is 41.8 Å². The molecule has 1 aliphatic rings. The van der Waals surface area contributed by atoms with Crippen molar-refractivity contribution in [2.24, 2.45) is 0 Å². The number of amides is 1. The molecule has 1 aliphatic heterocycles. The van der Waals surface area contributed by atoms with Crippen LogP contribution in [0.5, 0.6) is 0 Å². The lowest BCUT2D eigenvalue weighted by Crippen LogP contribution is -2.30. The minimum atomic E-state index is -0.00225. The number of carbonyl (C=O) groups excluding carboxylic acids is 1. The topological polar surface area (TPSA) is 50.2 Å². The van der Waals surface area contributed by atoms with Gasteiger partial charge >= 0.3 is 0 Å². The van der Waals surface area contributed by atoms with Crippen LogP contribution >= 0.6 is 11.3 Å². The number of fused-ring (bicyclic) bond motifs is 1. The van der Waals surface area contributed by atoms with E-state index in [1.807, 2.05) is 41.2 Å². The van der Waals surface area contributed by atoms with E-state index in [4.69, 9.17) is 0 Å². The zero-order valence-corrected chi connectivity index (χ0v) is 16.4. The quantitative estimate of drug-likeness (QED) is 0.654. The first-order valence-corrected chi connectivity index (χ1v) is 10.7. The van der Waals surface area contributed by atoms with Crippen molar-refractivity contribution in [1.29, 1.82) is 0 Å². The third kappa shape index (κ3) is 4.22.